The van der Waals surface area contributed by atoms with Crippen molar-refractivity contribution in [3.05, 3.63) is 24.3 Å². The fraction of sp³-hybridized carbons (Fsp3) is 0.222. The van der Waals surface area contributed by atoms with Crippen molar-refractivity contribution >= 4 is 21.6 Å². The molecule has 0 aromatic heterocycles. The lowest BCUT2D eigenvalue weighted by atomic mass is 10.3. The van der Waals surface area contributed by atoms with Crippen LogP contribution >= 0.6 is 0 Å². The fourth-order valence-corrected chi connectivity index (χ4v) is 1.12. The summed E-state index contributed by atoms with van der Waals surface area (Å²) in [6.07, 6.45) is 0. The van der Waals surface area contributed by atoms with Gasteiger partial charge < -0.3 is 10.5 Å². The van der Waals surface area contributed by atoms with Crippen LogP contribution in [0, 0.1) is 0 Å². The van der Waals surface area contributed by atoms with Crippen LogP contribution in [-0.4, -0.2) is 18.8 Å². The second-order valence-corrected chi connectivity index (χ2v) is 4.37. The van der Waals surface area contributed by atoms with E-state index in [4.69, 9.17) is 10.3 Å². The number of anilines is 1. The number of ketones is 1. The number of hydrogen-bond donors (Lipinski definition) is 2. The fourth-order valence-electron chi connectivity index (χ4n) is 0.640. The van der Waals surface area contributed by atoms with E-state index in [2.05, 4.69) is 0 Å². The standard InChI is InChI=1S/C6H7NO3S.C3H6O/c7-5-1-3-6(4-2-5)11(8,9)10;1-3(2)4/h1-4H,7H2,(H,8,9,10);1-2H3. The maximum Gasteiger partial charge on any atom is 0.294 e. The lowest BCUT2D eigenvalue weighted by Gasteiger charge is -1.95. The SMILES string of the molecule is CC(C)=O.Nc1ccc(S(=O)(=O)O)cc1. The van der Waals surface area contributed by atoms with E-state index in [1.165, 1.54) is 38.1 Å². The molecule has 0 radical (unpaired) electrons. The van der Waals surface area contributed by atoms with E-state index >= 15 is 0 Å². The second-order valence-electron chi connectivity index (χ2n) is 2.95. The third-order valence-corrected chi connectivity index (χ3v) is 2.05. The van der Waals surface area contributed by atoms with Crippen LogP contribution in [0.5, 0.6) is 0 Å². The smallest absolute Gasteiger partial charge is 0.294 e. The number of nitrogen functional groups attached to an aromatic ring is 1. The molecule has 3 N–H and O–H groups in total. The predicted molar refractivity (Wildman–Crippen MR) is 57.0 cm³/mol. The van der Waals surface area contributed by atoms with Crippen molar-refractivity contribution < 1.29 is 17.8 Å². The maximum atomic E-state index is 10.5. The first-order valence-electron chi connectivity index (χ1n) is 4.03. The average molecular weight is 231 g/mol. The monoisotopic (exact) mass is 231 g/mol. The van der Waals surface area contributed by atoms with Gasteiger partial charge in [-0.3, -0.25) is 4.55 Å². The van der Waals surface area contributed by atoms with Gasteiger partial charge in [0, 0.05) is 5.69 Å². The van der Waals surface area contributed by atoms with Crippen molar-refractivity contribution in [2.75, 3.05) is 5.73 Å². The van der Waals surface area contributed by atoms with Crippen molar-refractivity contribution in [1.82, 2.24) is 0 Å². The lowest BCUT2D eigenvalue weighted by Crippen LogP contribution is -1.97. The van der Waals surface area contributed by atoms with Crippen molar-refractivity contribution in [2.24, 2.45) is 0 Å². The van der Waals surface area contributed by atoms with Crippen molar-refractivity contribution in [3.8, 4) is 0 Å². The lowest BCUT2D eigenvalue weighted by molar-refractivity contribution is -0.114. The molecule has 0 aliphatic rings. The summed E-state index contributed by atoms with van der Waals surface area (Å²) in [4.78, 5) is 9.30. The zero-order valence-corrected chi connectivity index (χ0v) is 9.28. The molecule has 0 heterocycles. The van der Waals surface area contributed by atoms with Crippen LogP contribution in [0.4, 0.5) is 5.69 Å². The van der Waals surface area contributed by atoms with E-state index in [1.54, 1.807) is 0 Å². The van der Waals surface area contributed by atoms with E-state index in [0.29, 0.717) is 5.69 Å². The molecule has 0 saturated carbocycles. The van der Waals surface area contributed by atoms with Crippen LogP contribution in [-0.2, 0) is 14.9 Å². The highest BCUT2D eigenvalue weighted by Gasteiger charge is 2.06. The largest absolute Gasteiger partial charge is 0.399 e. The number of carbonyl (C=O) groups excluding carboxylic acids is 1. The van der Waals surface area contributed by atoms with Gasteiger partial charge in [0.25, 0.3) is 10.1 Å². The normalized spacial score (nSPS) is 10.1. The number of hydrogen-bond acceptors (Lipinski definition) is 4. The Labute approximate surface area is 88.7 Å². The molecule has 0 aliphatic heterocycles. The molecule has 0 unspecified atom stereocenters. The molecule has 1 rings (SSSR count). The molecule has 0 saturated heterocycles. The number of Topliss-reactive ketones (excluding diaryl/α,β-unsaturated/α-hetero) is 1. The molecule has 0 bridgehead atoms. The number of benzene rings is 1. The molecule has 0 fully saturated rings. The highest BCUT2D eigenvalue weighted by Crippen LogP contribution is 2.10. The Hall–Kier alpha value is -1.40. The number of carbonyl (C=O) groups is 1. The Kier molecular flexibility index (Phi) is 4.96. The van der Waals surface area contributed by atoms with Gasteiger partial charge in [0.15, 0.2) is 0 Å². The minimum atomic E-state index is -4.08. The molecule has 1 aromatic carbocycles. The number of nitrogens with two attached hydrogens (primary N) is 1. The minimum Gasteiger partial charge on any atom is -0.399 e. The van der Waals surface area contributed by atoms with Crippen molar-refractivity contribution in [2.45, 2.75) is 18.7 Å². The first-order valence-corrected chi connectivity index (χ1v) is 5.47. The van der Waals surface area contributed by atoms with Crippen LogP contribution in [0.25, 0.3) is 0 Å². The molecule has 0 spiro atoms. The van der Waals surface area contributed by atoms with Gasteiger partial charge in [-0.1, -0.05) is 0 Å². The molecular formula is C9H13NO4S. The summed E-state index contributed by atoms with van der Waals surface area (Å²) < 4.78 is 29.4. The molecule has 6 heteroatoms. The van der Waals surface area contributed by atoms with E-state index in [1.807, 2.05) is 0 Å². The quantitative estimate of drug-likeness (QED) is 0.557. The zero-order valence-electron chi connectivity index (χ0n) is 8.47. The molecular weight excluding hydrogens is 218 g/mol. The summed E-state index contributed by atoms with van der Waals surface area (Å²) in [6, 6.07) is 5.29. The summed E-state index contributed by atoms with van der Waals surface area (Å²) in [5, 5.41) is 0. The third-order valence-electron chi connectivity index (χ3n) is 1.18. The third kappa shape index (κ3) is 6.64. The van der Waals surface area contributed by atoms with Crippen LogP contribution in [0.1, 0.15) is 13.8 Å². The molecule has 84 valence electrons. The van der Waals surface area contributed by atoms with Gasteiger partial charge in [-0.15, -0.1) is 0 Å². The summed E-state index contributed by atoms with van der Waals surface area (Å²) in [5.74, 6) is 0.167. The minimum absolute atomic E-state index is 0.147. The van der Waals surface area contributed by atoms with Gasteiger partial charge in [-0.05, 0) is 38.1 Å². The highest BCUT2D eigenvalue weighted by molar-refractivity contribution is 7.85. The van der Waals surface area contributed by atoms with Gasteiger partial charge >= 0.3 is 0 Å². The predicted octanol–water partition coefficient (Wildman–Crippen LogP) is 1.11. The van der Waals surface area contributed by atoms with E-state index in [0.717, 1.165) is 0 Å². The summed E-state index contributed by atoms with van der Waals surface area (Å²) in [7, 11) is -4.08. The Morgan fingerprint density at radius 3 is 1.80 bits per heavy atom. The second kappa shape index (κ2) is 5.47. The zero-order chi connectivity index (χ0) is 12.1. The molecule has 0 aliphatic carbocycles. The van der Waals surface area contributed by atoms with E-state index in [9.17, 15) is 13.2 Å². The molecule has 0 atom stereocenters. The van der Waals surface area contributed by atoms with Gasteiger partial charge in [-0.2, -0.15) is 8.42 Å². The molecule has 1 aromatic rings. The van der Waals surface area contributed by atoms with Crippen molar-refractivity contribution in [3.63, 3.8) is 0 Å². The van der Waals surface area contributed by atoms with Crippen molar-refractivity contribution in [1.29, 1.82) is 0 Å². The van der Waals surface area contributed by atoms with Crippen LogP contribution < -0.4 is 5.73 Å². The molecule has 5 nitrogen and oxygen atoms in total. The summed E-state index contributed by atoms with van der Waals surface area (Å²) in [6.45, 7) is 3.06. The Morgan fingerprint density at radius 1 is 1.20 bits per heavy atom. The summed E-state index contributed by atoms with van der Waals surface area (Å²) >= 11 is 0. The van der Waals surface area contributed by atoms with Crippen LogP contribution in [0.3, 0.4) is 0 Å². The number of rotatable bonds is 1. The first kappa shape index (κ1) is 13.6. The topological polar surface area (TPSA) is 97.5 Å². The molecule has 15 heavy (non-hydrogen) atoms. The van der Waals surface area contributed by atoms with E-state index in [-0.39, 0.29) is 10.7 Å². The summed E-state index contributed by atoms with van der Waals surface area (Å²) in [5.41, 5.74) is 5.75. The van der Waals surface area contributed by atoms with Gasteiger partial charge in [0.2, 0.25) is 0 Å². The first-order chi connectivity index (χ1) is 6.73. The maximum absolute atomic E-state index is 10.5. The van der Waals surface area contributed by atoms with E-state index < -0.39 is 10.1 Å². The van der Waals surface area contributed by atoms with Crippen LogP contribution in [0.2, 0.25) is 0 Å². The van der Waals surface area contributed by atoms with Crippen LogP contribution in [0.15, 0.2) is 29.2 Å². The molecule has 0 amide bonds. The Bertz CT molecular complexity index is 418. The highest BCUT2D eigenvalue weighted by atomic mass is 32.2. The van der Waals surface area contributed by atoms with Gasteiger partial charge in [0.05, 0.1) is 4.90 Å². The Balaban J connectivity index is 0.000000423. The average Bonchev–Trinajstić information content (AvgIpc) is 2.01. The van der Waals surface area contributed by atoms with Gasteiger partial charge in [-0.25, -0.2) is 0 Å². The van der Waals surface area contributed by atoms with Gasteiger partial charge in [0.1, 0.15) is 5.78 Å². The Morgan fingerprint density at radius 2 is 1.53 bits per heavy atom.